The smallest absolute Gasteiger partial charge is 0.338 e. The number of hydrogen-bond donors (Lipinski definition) is 0. The van der Waals surface area contributed by atoms with Crippen LogP contribution in [0.5, 0.6) is 0 Å². The summed E-state index contributed by atoms with van der Waals surface area (Å²) in [5.74, 6) is -0.878. The standard InChI is InChI=1S/C14H10ClFO2/c15-12-3-1-2-10(8-12)9-18-14(17)11-4-6-13(16)7-5-11/h1-8H,9H2. The van der Waals surface area contributed by atoms with Crippen molar-refractivity contribution < 1.29 is 13.9 Å². The number of hydrogen-bond acceptors (Lipinski definition) is 2. The molecule has 92 valence electrons. The van der Waals surface area contributed by atoms with Crippen LogP contribution in [0, 0.1) is 5.82 Å². The van der Waals surface area contributed by atoms with Crippen molar-refractivity contribution in [1.82, 2.24) is 0 Å². The lowest BCUT2D eigenvalue weighted by Crippen LogP contribution is -2.05. The minimum absolute atomic E-state index is 0.136. The molecule has 2 rings (SSSR count). The first-order chi connectivity index (χ1) is 8.65. The predicted molar refractivity (Wildman–Crippen MR) is 67.0 cm³/mol. The first kappa shape index (κ1) is 12.6. The summed E-state index contributed by atoms with van der Waals surface area (Å²) < 4.78 is 17.8. The van der Waals surface area contributed by atoms with Crippen LogP contribution in [0.25, 0.3) is 0 Å². The first-order valence-electron chi connectivity index (χ1n) is 5.32. The minimum Gasteiger partial charge on any atom is -0.457 e. The fraction of sp³-hybridized carbons (Fsp3) is 0.0714. The molecule has 2 nitrogen and oxygen atoms in total. The van der Waals surface area contributed by atoms with E-state index in [9.17, 15) is 9.18 Å². The maximum atomic E-state index is 12.7. The molecular formula is C14H10ClFO2. The van der Waals surface area contributed by atoms with Gasteiger partial charge in [-0.15, -0.1) is 0 Å². The SMILES string of the molecule is O=C(OCc1cccc(Cl)c1)c1ccc(F)cc1. The lowest BCUT2D eigenvalue weighted by Gasteiger charge is -2.05. The molecule has 0 fully saturated rings. The first-order valence-corrected chi connectivity index (χ1v) is 5.70. The maximum Gasteiger partial charge on any atom is 0.338 e. The van der Waals surface area contributed by atoms with Gasteiger partial charge in [-0.05, 0) is 42.0 Å². The van der Waals surface area contributed by atoms with Crippen molar-refractivity contribution in [3.05, 3.63) is 70.5 Å². The summed E-state index contributed by atoms with van der Waals surface area (Å²) in [4.78, 5) is 11.6. The van der Waals surface area contributed by atoms with Gasteiger partial charge in [-0.3, -0.25) is 0 Å². The Morgan fingerprint density at radius 3 is 2.56 bits per heavy atom. The average Bonchev–Trinajstić information content (AvgIpc) is 2.37. The Bertz CT molecular complexity index is 552. The average molecular weight is 265 g/mol. The molecule has 2 aromatic rings. The predicted octanol–water partition coefficient (Wildman–Crippen LogP) is 3.84. The lowest BCUT2D eigenvalue weighted by atomic mass is 10.2. The van der Waals surface area contributed by atoms with Crippen molar-refractivity contribution >= 4 is 17.6 Å². The molecule has 0 saturated heterocycles. The molecule has 0 aliphatic rings. The maximum absolute atomic E-state index is 12.7. The molecule has 0 radical (unpaired) electrons. The molecule has 0 aliphatic heterocycles. The second-order valence-electron chi connectivity index (χ2n) is 3.71. The lowest BCUT2D eigenvalue weighted by molar-refractivity contribution is 0.0472. The highest BCUT2D eigenvalue weighted by molar-refractivity contribution is 6.30. The third-order valence-corrected chi connectivity index (χ3v) is 2.57. The van der Waals surface area contributed by atoms with Gasteiger partial charge in [-0.1, -0.05) is 23.7 Å². The van der Waals surface area contributed by atoms with Crippen LogP contribution in [0.15, 0.2) is 48.5 Å². The molecule has 0 N–H and O–H groups in total. The molecule has 0 atom stereocenters. The highest BCUT2D eigenvalue weighted by atomic mass is 35.5. The summed E-state index contributed by atoms with van der Waals surface area (Å²) in [5, 5.41) is 0.588. The van der Waals surface area contributed by atoms with Crippen molar-refractivity contribution in [2.75, 3.05) is 0 Å². The molecule has 0 aromatic heterocycles. The van der Waals surface area contributed by atoms with E-state index in [0.717, 1.165) is 5.56 Å². The number of benzene rings is 2. The van der Waals surface area contributed by atoms with Gasteiger partial charge in [0, 0.05) is 5.02 Å². The monoisotopic (exact) mass is 264 g/mol. The zero-order valence-corrected chi connectivity index (χ0v) is 10.2. The van der Waals surface area contributed by atoms with Crippen LogP contribution in [0.1, 0.15) is 15.9 Å². The Labute approximate surface area is 109 Å². The van der Waals surface area contributed by atoms with Gasteiger partial charge >= 0.3 is 5.97 Å². The molecule has 18 heavy (non-hydrogen) atoms. The van der Waals surface area contributed by atoms with E-state index in [4.69, 9.17) is 16.3 Å². The molecule has 2 aromatic carbocycles. The number of carbonyl (C=O) groups is 1. The van der Waals surface area contributed by atoms with Crippen LogP contribution in [-0.4, -0.2) is 5.97 Å². The Hall–Kier alpha value is -1.87. The molecule has 0 saturated carbocycles. The van der Waals surface area contributed by atoms with Gasteiger partial charge in [0.1, 0.15) is 12.4 Å². The van der Waals surface area contributed by atoms with Gasteiger partial charge in [-0.25, -0.2) is 9.18 Å². The summed E-state index contributed by atoms with van der Waals surface area (Å²) in [7, 11) is 0. The number of rotatable bonds is 3. The van der Waals surface area contributed by atoms with E-state index in [1.807, 2.05) is 6.07 Å². The van der Waals surface area contributed by atoms with Crippen LogP contribution in [0.2, 0.25) is 5.02 Å². The van der Waals surface area contributed by atoms with E-state index in [-0.39, 0.29) is 12.4 Å². The number of halogens is 2. The zero-order chi connectivity index (χ0) is 13.0. The molecule has 0 amide bonds. The molecule has 0 aliphatic carbocycles. The van der Waals surface area contributed by atoms with Crippen molar-refractivity contribution in [2.24, 2.45) is 0 Å². The summed E-state index contributed by atoms with van der Waals surface area (Å²) >= 11 is 5.81. The third-order valence-electron chi connectivity index (χ3n) is 2.34. The topological polar surface area (TPSA) is 26.3 Å². The van der Waals surface area contributed by atoms with E-state index >= 15 is 0 Å². The Morgan fingerprint density at radius 1 is 1.17 bits per heavy atom. The van der Waals surface area contributed by atoms with Gasteiger partial charge in [0.05, 0.1) is 5.56 Å². The third kappa shape index (κ3) is 3.31. The van der Waals surface area contributed by atoms with Crippen molar-refractivity contribution in [1.29, 1.82) is 0 Å². The van der Waals surface area contributed by atoms with Crippen LogP contribution < -0.4 is 0 Å². The zero-order valence-electron chi connectivity index (χ0n) is 9.40. The fourth-order valence-electron chi connectivity index (χ4n) is 1.44. The van der Waals surface area contributed by atoms with E-state index in [1.165, 1.54) is 24.3 Å². The van der Waals surface area contributed by atoms with Gasteiger partial charge in [-0.2, -0.15) is 0 Å². The van der Waals surface area contributed by atoms with Crippen LogP contribution in [0.3, 0.4) is 0 Å². The second-order valence-corrected chi connectivity index (χ2v) is 4.15. The van der Waals surface area contributed by atoms with Crippen LogP contribution in [-0.2, 0) is 11.3 Å². The van der Waals surface area contributed by atoms with Crippen LogP contribution >= 0.6 is 11.6 Å². The molecule has 0 spiro atoms. The minimum atomic E-state index is -0.491. The summed E-state index contributed by atoms with van der Waals surface area (Å²) in [6.07, 6.45) is 0. The number of carbonyl (C=O) groups excluding carboxylic acids is 1. The van der Waals surface area contributed by atoms with E-state index in [2.05, 4.69) is 0 Å². The van der Waals surface area contributed by atoms with Crippen molar-refractivity contribution in [2.45, 2.75) is 6.61 Å². The molecule has 0 heterocycles. The highest BCUT2D eigenvalue weighted by Gasteiger charge is 2.07. The largest absolute Gasteiger partial charge is 0.457 e. The number of ether oxygens (including phenoxy) is 1. The van der Waals surface area contributed by atoms with E-state index in [0.29, 0.717) is 10.6 Å². The van der Waals surface area contributed by atoms with Crippen LogP contribution in [0.4, 0.5) is 4.39 Å². The second kappa shape index (κ2) is 5.65. The summed E-state index contributed by atoms with van der Waals surface area (Å²) in [6, 6.07) is 12.3. The summed E-state index contributed by atoms with van der Waals surface area (Å²) in [5.41, 5.74) is 1.12. The Kier molecular flexibility index (Phi) is 3.95. The molecule has 0 bridgehead atoms. The molecule has 0 unspecified atom stereocenters. The highest BCUT2D eigenvalue weighted by Crippen LogP contribution is 2.12. The van der Waals surface area contributed by atoms with Gasteiger partial charge in [0.25, 0.3) is 0 Å². The summed E-state index contributed by atoms with van der Waals surface area (Å²) in [6.45, 7) is 0.136. The number of esters is 1. The van der Waals surface area contributed by atoms with E-state index in [1.54, 1.807) is 18.2 Å². The van der Waals surface area contributed by atoms with Gasteiger partial charge < -0.3 is 4.74 Å². The quantitative estimate of drug-likeness (QED) is 0.788. The van der Waals surface area contributed by atoms with Gasteiger partial charge in [0.15, 0.2) is 0 Å². The fourth-order valence-corrected chi connectivity index (χ4v) is 1.66. The molecule has 4 heteroatoms. The van der Waals surface area contributed by atoms with Gasteiger partial charge in [0.2, 0.25) is 0 Å². The van der Waals surface area contributed by atoms with Crippen molar-refractivity contribution in [3.8, 4) is 0 Å². The Balaban J connectivity index is 1.98. The molecular weight excluding hydrogens is 255 g/mol. The Morgan fingerprint density at radius 2 is 1.89 bits per heavy atom. The van der Waals surface area contributed by atoms with Crippen molar-refractivity contribution in [3.63, 3.8) is 0 Å². The normalized spacial score (nSPS) is 10.1. The van der Waals surface area contributed by atoms with E-state index < -0.39 is 5.97 Å².